The van der Waals surface area contributed by atoms with E-state index in [-0.39, 0.29) is 23.8 Å². The highest BCUT2D eigenvalue weighted by Crippen LogP contribution is 2.46. The molecule has 7 heteroatoms. The summed E-state index contributed by atoms with van der Waals surface area (Å²) in [6.07, 6.45) is 2.07. The van der Waals surface area contributed by atoms with Crippen LogP contribution in [-0.2, 0) is 4.79 Å². The molecule has 4 rings (SSSR count). The number of aromatic hydroxyl groups is 2. The van der Waals surface area contributed by atoms with Gasteiger partial charge in [0, 0.05) is 11.8 Å². The van der Waals surface area contributed by atoms with Crippen molar-refractivity contribution in [3.05, 3.63) is 76.9 Å². The van der Waals surface area contributed by atoms with Crippen LogP contribution in [0.3, 0.4) is 0 Å². The van der Waals surface area contributed by atoms with Gasteiger partial charge < -0.3 is 29.7 Å². The zero-order chi connectivity index (χ0) is 25.1. The number of hydrogen-bond donors (Lipinski definition) is 3. The Bertz CT molecular complexity index is 1330. The fraction of sp³-hybridized carbons (Fsp3) is 0.179. The monoisotopic (exact) mass is 473 g/mol. The van der Waals surface area contributed by atoms with Crippen molar-refractivity contribution < 1.29 is 29.2 Å². The summed E-state index contributed by atoms with van der Waals surface area (Å²) in [5.41, 5.74) is 5.73. The van der Waals surface area contributed by atoms with E-state index in [1.165, 1.54) is 14.2 Å². The lowest BCUT2D eigenvalue weighted by atomic mass is 10.00. The molecule has 0 saturated carbocycles. The number of allylic oxidation sites excluding steroid dienone is 2. The van der Waals surface area contributed by atoms with Gasteiger partial charge in [0.2, 0.25) is 11.7 Å². The molecule has 1 amide bonds. The zero-order valence-electron chi connectivity index (χ0n) is 20.0. The number of benzene rings is 3. The van der Waals surface area contributed by atoms with Crippen molar-refractivity contribution in [2.45, 2.75) is 13.3 Å². The van der Waals surface area contributed by atoms with Gasteiger partial charge in [0.25, 0.3) is 0 Å². The topological polar surface area (TPSA) is 97.3 Å². The van der Waals surface area contributed by atoms with Gasteiger partial charge in [-0.2, -0.15) is 0 Å². The van der Waals surface area contributed by atoms with Gasteiger partial charge in [-0.1, -0.05) is 12.1 Å². The quantitative estimate of drug-likeness (QED) is 0.420. The van der Waals surface area contributed by atoms with Crippen LogP contribution >= 0.6 is 0 Å². The highest BCUT2D eigenvalue weighted by Gasteiger charge is 2.26. The summed E-state index contributed by atoms with van der Waals surface area (Å²) < 4.78 is 15.8. The Balaban J connectivity index is 1.72. The zero-order valence-corrected chi connectivity index (χ0v) is 20.0. The molecule has 0 fully saturated rings. The summed E-state index contributed by atoms with van der Waals surface area (Å²) >= 11 is 0. The first-order valence-electron chi connectivity index (χ1n) is 11.0. The minimum atomic E-state index is -0.184. The van der Waals surface area contributed by atoms with Crippen molar-refractivity contribution >= 4 is 28.8 Å². The van der Waals surface area contributed by atoms with Gasteiger partial charge in [-0.3, -0.25) is 4.79 Å². The average Bonchev–Trinajstić information content (AvgIpc) is 3.09. The van der Waals surface area contributed by atoms with Crippen molar-refractivity contribution in [1.29, 1.82) is 0 Å². The van der Waals surface area contributed by atoms with Crippen LogP contribution in [0.15, 0.2) is 60.2 Å². The van der Waals surface area contributed by atoms with Gasteiger partial charge in [0.05, 0.1) is 27.8 Å². The van der Waals surface area contributed by atoms with Crippen LogP contribution < -0.4 is 19.5 Å². The van der Waals surface area contributed by atoms with Crippen LogP contribution in [0.25, 0.3) is 17.2 Å². The van der Waals surface area contributed by atoms with Crippen molar-refractivity contribution in [2.75, 3.05) is 26.6 Å². The second-order valence-corrected chi connectivity index (χ2v) is 8.12. The summed E-state index contributed by atoms with van der Waals surface area (Å²) in [4.78, 5) is 12.9. The molecule has 0 bridgehead atoms. The van der Waals surface area contributed by atoms with Crippen LogP contribution in [0.4, 0.5) is 5.69 Å². The number of anilines is 1. The van der Waals surface area contributed by atoms with E-state index < -0.39 is 0 Å². The van der Waals surface area contributed by atoms with Gasteiger partial charge in [-0.15, -0.1) is 0 Å². The molecular formula is C28H27NO6. The Morgan fingerprint density at radius 3 is 2.29 bits per heavy atom. The molecule has 35 heavy (non-hydrogen) atoms. The van der Waals surface area contributed by atoms with E-state index in [1.54, 1.807) is 43.5 Å². The Hall–Kier alpha value is -4.39. The lowest BCUT2D eigenvalue weighted by Gasteiger charge is -2.11. The van der Waals surface area contributed by atoms with Crippen molar-refractivity contribution in [1.82, 2.24) is 0 Å². The minimum absolute atomic E-state index is 0.0731. The number of phenolic OH excluding ortho intramolecular Hbond substituents is 2. The molecule has 3 aromatic carbocycles. The average molecular weight is 474 g/mol. The van der Waals surface area contributed by atoms with Gasteiger partial charge >= 0.3 is 0 Å². The first-order chi connectivity index (χ1) is 16.8. The van der Waals surface area contributed by atoms with Gasteiger partial charge in [0.15, 0.2) is 11.5 Å². The first kappa shape index (κ1) is 23.8. The highest BCUT2D eigenvalue weighted by atomic mass is 16.5. The van der Waals surface area contributed by atoms with Gasteiger partial charge in [0.1, 0.15) is 11.5 Å². The largest absolute Gasteiger partial charge is 0.508 e. The Kier molecular flexibility index (Phi) is 6.68. The lowest BCUT2D eigenvalue weighted by Crippen LogP contribution is -2.12. The molecule has 0 radical (unpaired) electrons. The summed E-state index contributed by atoms with van der Waals surface area (Å²) in [6.45, 7) is 1.95. The third-order valence-corrected chi connectivity index (χ3v) is 5.98. The normalized spacial score (nSPS) is 13.5. The molecule has 1 aliphatic rings. The Labute approximate surface area is 203 Å². The number of amides is 1. The maximum absolute atomic E-state index is 12.9. The number of phenols is 2. The number of fused-ring (bicyclic) bond motifs is 1. The van der Waals surface area contributed by atoms with E-state index in [4.69, 9.17) is 14.2 Å². The smallest absolute Gasteiger partial charge is 0.228 e. The molecule has 7 nitrogen and oxygen atoms in total. The lowest BCUT2D eigenvalue weighted by molar-refractivity contribution is -0.115. The number of methoxy groups -OCH3 is 3. The summed E-state index contributed by atoms with van der Waals surface area (Å²) in [7, 11) is 4.52. The molecule has 3 aromatic rings. The predicted octanol–water partition coefficient (Wildman–Crippen LogP) is 5.48. The summed E-state index contributed by atoms with van der Waals surface area (Å²) in [5, 5.41) is 23.3. The number of carbonyl (C=O) groups is 1. The van der Waals surface area contributed by atoms with Gasteiger partial charge in [-0.05, 0) is 82.8 Å². The molecule has 0 unspecified atom stereocenters. The van der Waals surface area contributed by atoms with E-state index in [1.807, 2.05) is 31.2 Å². The second kappa shape index (κ2) is 9.85. The van der Waals surface area contributed by atoms with Crippen molar-refractivity contribution in [2.24, 2.45) is 0 Å². The molecular weight excluding hydrogens is 446 g/mol. The van der Waals surface area contributed by atoms with Crippen LogP contribution in [0.1, 0.15) is 30.0 Å². The van der Waals surface area contributed by atoms with Crippen LogP contribution in [0.2, 0.25) is 0 Å². The molecule has 1 aliphatic carbocycles. The van der Waals surface area contributed by atoms with Crippen LogP contribution in [0.5, 0.6) is 28.7 Å². The Morgan fingerprint density at radius 1 is 0.914 bits per heavy atom. The predicted molar refractivity (Wildman–Crippen MR) is 136 cm³/mol. The van der Waals surface area contributed by atoms with Crippen LogP contribution in [0, 0.1) is 0 Å². The van der Waals surface area contributed by atoms with Gasteiger partial charge in [-0.25, -0.2) is 0 Å². The second-order valence-electron chi connectivity index (χ2n) is 8.12. The van der Waals surface area contributed by atoms with Crippen molar-refractivity contribution in [3.63, 3.8) is 0 Å². The molecule has 0 aliphatic heterocycles. The molecule has 0 saturated heterocycles. The third kappa shape index (κ3) is 4.80. The van der Waals surface area contributed by atoms with Crippen LogP contribution in [-0.4, -0.2) is 37.4 Å². The van der Waals surface area contributed by atoms with Crippen molar-refractivity contribution in [3.8, 4) is 28.7 Å². The molecule has 0 atom stereocenters. The highest BCUT2D eigenvalue weighted by molar-refractivity contribution is 6.10. The fourth-order valence-corrected chi connectivity index (χ4v) is 4.23. The number of hydrogen-bond acceptors (Lipinski definition) is 6. The number of nitrogens with one attached hydrogen (secondary N) is 1. The maximum Gasteiger partial charge on any atom is 0.228 e. The number of rotatable bonds is 7. The molecule has 180 valence electrons. The molecule has 0 heterocycles. The molecule has 0 spiro atoms. The van der Waals surface area contributed by atoms with E-state index >= 15 is 0 Å². The first-order valence-corrected chi connectivity index (χ1v) is 11.0. The third-order valence-electron chi connectivity index (χ3n) is 5.98. The van der Waals surface area contributed by atoms with E-state index in [0.29, 0.717) is 22.9 Å². The Morgan fingerprint density at radius 2 is 1.63 bits per heavy atom. The standard InChI is InChI=1S/C28H27NO6/c1-16-22(10-17-11-25(34-3)28(32)26(12-17)35-4)21-9-8-19(30)14-24(21)23(16)15-27(31)29-18-6-5-7-20(13-18)33-2/h5-14,30,32H,15H2,1-4H3,(H,29,31)/b22-10-. The SMILES string of the molecule is COc1cccc(NC(=O)CC2=C(C)/C(=C/c3cc(OC)c(O)c(OC)c3)c3ccc(O)cc32)c1. The maximum atomic E-state index is 12.9. The summed E-state index contributed by atoms with van der Waals surface area (Å²) in [6, 6.07) is 15.7. The van der Waals surface area contributed by atoms with E-state index in [2.05, 4.69) is 5.32 Å². The van der Waals surface area contributed by atoms with E-state index in [0.717, 1.165) is 33.4 Å². The minimum Gasteiger partial charge on any atom is -0.508 e. The fourth-order valence-electron chi connectivity index (χ4n) is 4.23. The molecule has 3 N–H and O–H groups in total. The number of carbonyl (C=O) groups excluding carboxylic acids is 1. The summed E-state index contributed by atoms with van der Waals surface area (Å²) in [5.74, 6) is 1.10. The van der Waals surface area contributed by atoms with E-state index in [9.17, 15) is 15.0 Å². The number of ether oxygens (including phenoxy) is 3. The molecule has 0 aromatic heterocycles.